The summed E-state index contributed by atoms with van der Waals surface area (Å²) in [5.74, 6) is -0.0385. The number of piperidine rings is 1. The SMILES string of the molecule is Cc1c(C(=O)N2CC[C@@H](C)[C@H](c3cc(C(F)F)nc4ncnn34)C2)ccnc1Cl. The summed E-state index contributed by atoms with van der Waals surface area (Å²) in [7, 11) is 0. The van der Waals surface area contributed by atoms with Crippen LogP contribution in [-0.4, -0.2) is 48.5 Å². The van der Waals surface area contributed by atoms with Crippen LogP contribution >= 0.6 is 11.6 Å². The van der Waals surface area contributed by atoms with Crippen molar-refractivity contribution < 1.29 is 13.6 Å². The number of rotatable bonds is 3. The molecule has 152 valence electrons. The minimum atomic E-state index is -2.71. The standard InChI is InChI=1S/C19H19ClF2N6O/c1-10-4-6-27(18(29)12-3-5-23-16(20)11(12)2)8-13(10)15-7-14(17(21)22)26-19-24-9-25-28(15)19/h3,5,7,9-10,13,17H,4,6,8H2,1-2H3/t10-,13-/m1/s1. The largest absolute Gasteiger partial charge is 0.338 e. The fourth-order valence-corrected chi connectivity index (χ4v) is 3.94. The van der Waals surface area contributed by atoms with Gasteiger partial charge in [-0.05, 0) is 37.0 Å². The van der Waals surface area contributed by atoms with Gasteiger partial charge >= 0.3 is 0 Å². The molecule has 1 aliphatic heterocycles. The maximum atomic E-state index is 13.4. The highest BCUT2D eigenvalue weighted by molar-refractivity contribution is 6.30. The third kappa shape index (κ3) is 3.55. The van der Waals surface area contributed by atoms with E-state index in [1.165, 1.54) is 23.1 Å². The highest BCUT2D eigenvalue weighted by Gasteiger charge is 2.33. The number of alkyl halides is 2. The number of halogens is 3. The van der Waals surface area contributed by atoms with E-state index in [2.05, 4.69) is 20.1 Å². The van der Waals surface area contributed by atoms with Crippen LogP contribution in [0.25, 0.3) is 5.78 Å². The van der Waals surface area contributed by atoms with Gasteiger partial charge in [-0.15, -0.1) is 0 Å². The lowest BCUT2D eigenvalue weighted by molar-refractivity contribution is 0.0664. The molecule has 4 heterocycles. The molecule has 1 aliphatic rings. The Hall–Kier alpha value is -2.68. The predicted octanol–water partition coefficient (Wildman–Crippen LogP) is 3.68. The van der Waals surface area contributed by atoms with Crippen LogP contribution in [0, 0.1) is 12.8 Å². The number of hydrogen-bond acceptors (Lipinski definition) is 5. The molecule has 4 rings (SSSR count). The van der Waals surface area contributed by atoms with Crippen LogP contribution in [0.3, 0.4) is 0 Å². The van der Waals surface area contributed by atoms with Crippen molar-refractivity contribution >= 4 is 23.3 Å². The highest BCUT2D eigenvalue weighted by Crippen LogP contribution is 2.34. The van der Waals surface area contributed by atoms with Crippen LogP contribution in [0.15, 0.2) is 24.7 Å². The number of amides is 1. The number of nitrogens with zero attached hydrogens (tertiary/aromatic N) is 6. The Kier molecular flexibility index (Phi) is 5.16. The number of fused-ring (bicyclic) bond motifs is 1. The zero-order valence-corrected chi connectivity index (χ0v) is 16.6. The molecule has 3 aromatic heterocycles. The van der Waals surface area contributed by atoms with Crippen molar-refractivity contribution in [2.45, 2.75) is 32.6 Å². The Morgan fingerprint density at radius 1 is 1.34 bits per heavy atom. The summed E-state index contributed by atoms with van der Waals surface area (Å²) in [6, 6.07) is 3.02. The zero-order valence-electron chi connectivity index (χ0n) is 15.9. The van der Waals surface area contributed by atoms with Gasteiger partial charge in [0.15, 0.2) is 0 Å². The van der Waals surface area contributed by atoms with Crippen LogP contribution in [-0.2, 0) is 0 Å². The van der Waals surface area contributed by atoms with Gasteiger partial charge in [0.2, 0.25) is 0 Å². The first-order valence-electron chi connectivity index (χ1n) is 9.26. The average Bonchev–Trinajstić information content (AvgIpc) is 3.18. The van der Waals surface area contributed by atoms with Crippen molar-refractivity contribution in [1.82, 2.24) is 29.5 Å². The molecule has 10 heteroatoms. The Morgan fingerprint density at radius 3 is 2.90 bits per heavy atom. The molecule has 0 bridgehead atoms. The molecule has 0 aliphatic carbocycles. The smallest absolute Gasteiger partial charge is 0.280 e. The lowest BCUT2D eigenvalue weighted by atomic mass is 9.84. The van der Waals surface area contributed by atoms with Gasteiger partial charge in [0.1, 0.15) is 17.2 Å². The summed E-state index contributed by atoms with van der Waals surface area (Å²) in [5, 5.41) is 4.44. The van der Waals surface area contributed by atoms with Gasteiger partial charge < -0.3 is 4.90 Å². The molecule has 7 nitrogen and oxygen atoms in total. The minimum Gasteiger partial charge on any atom is -0.338 e. The summed E-state index contributed by atoms with van der Waals surface area (Å²) in [6.45, 7) is 4.75. The van der Waals surface area contributed by atoms with Crippen molar-refractivity contribution in [2.24, 2.45) is 5.92 Å². The van der Waals surface area contributed by atoms with Crippen molar-refractivity contribution in [3.8, 4) is 0 Å². The van der Waals surface area contributed by atoms with Gasteiger partial charge in [-0.25, -0.2) is 23.3 Å². The van der Waals surface area contributed by atoms with E-state index in [1.54, 1.807) is 17.9 Å². The first kappa shape index (κ1) is 19.6. The van der Waals surface area contributed by atoms with E-state index in [1.807, 2.05) is 6.92 Å². The van der Waals surface area contributed by atoms with Crippen molar-refractivity contribution in [3.05, 3.63) is 52.3 Å². The van der Waals surface area contributed by atoms with E-state index in [9.17, 15) is 13.6 Å². The molecule has 0 saturated carbocycles. The fraction of sp³-hybridized carbons (Fsp3) is 0.421. The predicted molar refractivity (Wildman–Crippen MR) is 102 cm³/mol. The Bertz CT molecular complexity index is 1070. The fourth-order valence-electron chi connectivity index (χ4n) is 3.78. The van der Waals surface area contributed by atoms with Gasteiger partial charge in [0.05, 0.1) is 5.69 Å². The second-order valence-electron chi connectivity index (χ2n) is 7.28. The summed E-state index contributed by atoms with van der Waals surface area (Å²) in [5.41, 5.74) is 1.36. The second kappa shape index (κ2) is 7.62. The van der Waals surface area contributed by atoms with Crippen LogP contribution in [0.1, 0.15) is 53.0 Å². The minimum absolute atomic E-state index is 0.130. The van der Waals surface area contributed by atoms with E-state index in [-0.39, 0.29) is 34.4 Å². The number of hydrogen-bond donors (Lipinski definition) is 0. The van der Waals surface area contributed by atoms with E-state index >= 15 is 0 Å². The Morgan fingerprint density at radius 2 is 2.14 bits per heavy atom. The van der Waals surface area contributed by atoms with E-state index < -0.39 is 6.43 Å². The second-order valence-corrected chi connectivity index (χ2v) is 7.63. The maximum absolute atomic E-state index is 13.4. The number of aromatic nitrogens is 5. The maximum Gasteiger partial charge on any atom is 0.280 e. The molecule has 1 fully saturated rings. The van der Waals surface area contributed by atoms with Crippen LogP contribution < -0.4 is 0 Å². The van der Waals surface area contributed by atoms with Gasteiger partial charge in [-0.1, -0.05) is 18.5 Å². The molecule has 0 radical (unpaired) electrons. The normalized spacial score (nSPS) is 19.9. The first-order chi connectivity index (χ1) is 13.9. The lowest BCUT2D eigenvalue weighted by Crippen LogP contribution is -2.43. The molecule has 0 aromatic carbocycles. The van der Waals surface area contributed by atoms with Gasteiger partial charge in [-0.3, -0.25) is 4.79 Å². The summed E-state index contributed by atoms with van der Waals surface area (Å²) in [6.07, 6.45) is 0.814. The third-order valence-electron chi connectivity index (χ3n) is 5.52. The molecule has 2 atom stereocenters. The lowest BCUT2D eigenvalue weighted by Gasteiger charge is -2.37. The van der Waals surface area contributed by atoms with Crippen LogP contribution in [0.4, 0.5) is 8.78 Å². The number of carbonyl (C=O) groups excluding carboxylic acids is 1. The average molecular weight is 421 g/mol. The summed E-state index contributed by atoms with van der Waals surface area (Å²) in [4.78, 5) is 26.7. The molecule has 3 aromatic rings. The quantitative estimate of drug-likeness (QED) is 0.604. The van der Waals surface area contributed by atoms with Crippen LogP contribution in [0.2, 0.25) is 5.15 Å². The number of pyridine rings is 1. The molecular formula is C19H19ClF2N6O. The molecule has 0 unspecified atom stereocenters. The number of likely N-dealkylation sites (tertiary alicyclic amines) is 1. The van der Waals surface area contributed by atoms with E-state index in [4.69, 9.17) is 11.6 Å². The van der Waals surface area contributed by atoms with Gasteiger partial charge in [0, 0.05) is 30.8 Å². The van der Waals surface area contributed by atoms with Crippen molar-refractivity contribution in [1.29, 1.82) is 0 Å². The van der Waals surface area contributed by atoms with Gasteiger partial charge in [0.25, 0.3) is 18.1 Å². The summed E-state index contributed by atoms with van der Waals surface area (Å²) < 4.78 is 28.2. The molecule has 0 spiro atoms. The van der Waals surface area contributed by atoms with E-state index in [0.717, 1.165) is 6.42 Å². The monoisotopic (exact) mass is 420 g/mol. The summed E-state index contributed by atoms with van der Waals surface area (Å²) >= 11 is 6.07. The molecule has 29 heavy (non-hydrogen) atoms. The third-order valence-corrected chi connectivity index (χ3v) is 5.90. The van der Waals surface area contributed by atoms with Gasteiger partial charge in [-0.2, -0.15) is 10.1 Å². The topological polar surface area (TPSA) is 76.3 Å². The van der Waals surface area contributed by atoms with Crippen molar-refractivity contribution in [3.63, 3.8) is 0 Å². The Labute approximate surface area is 170 Å². The van der Waals surface area contributed by atoms with E-state index in [0.29, 0.717) is 29.9 Å². The zero-order chi connectivity index (χ0) is 20.7. The molecule has 1 amide bonds. The van der Waals surface area contributed by atoms with Crippen LogP contribution in [0.5, 0.6) is 0 Å². The molecular weight excluding hydrogens is 402 g/mol. The van der Waals surface area contributed by atoms with Crippen molar-refractivity contribution in [2.75, 3.05) is 13.1 Å². The number of carbonyl (C=O) groups is 1. The molecule has 0 N–H and O–H groups in total. The Balaban J connectivity index is 1.70. The highest BCUT2D eigenvalue weighted by atomic mass is 35.5. The first-order valence-corrected chi connectivity index (χ1v) is 9.63. The molecule has 1 saturated heterocycles.